The lowest BCUT2D eigenvalue weighted by atomic mass is 10.0. The summed E-state index contributed by atoms with van der Waals surface area (Å²) in [6, 6.07) is 11.9. The first-order valence-electron chi connectivity index (χ1n) is 8.49. The van der Waals surface area contributed by atoms with Gasteiger partial charge in [0.1, 0.15) is 5.84 Å². The first-order valence-corrected chi connectivity index (χ1v) is 9.93. The van der Waals surface area contributed by atoms with Crippen LogP contribution in [-0.2, 0) is 16.4 Å². The number of hydrogen-bond donors (Lipinski definition) is 0. The number of aryl methyl sites for hydroxylation is 2. The summed E-state index contributed by atoms with van der Waals surface area (Å²) in [6.45, 7) is 8.63. The summed E-state index contributed by atoms with van der Waals surface area (Å²) in [5.41, 5.74) is 4.73. The smallest absolute Gasteiger partial charge is 0.265 e. The van der Waals surface area contributed by atoms with Gasteiger partial charge in [-0.1, -0.05) is 36.4 Å². The van der Waals surface area contributed by atoms with E-state index >= 15 is 0 Å². The van der Waals surface area contributed by atoms with E-state index in [0.29, 0.717) is 30.2 Å². The summed E-state index contributed by atoms with van der Waals surface area (Å²) < 4.78 is 28.3. The second-order valence-electron chi connectivity index (χ2n) is 6.63. The molecule has 5 heteroatoms. The van der Waals surface area contributed by atoms with Gasteiger partial charge in [-0.05, 0) is 55.5 Å². The molecular weight excluding hydrogens is 332 g/mol. The van der Waals surface area contributed by atoms with Crippen molar-refractivity contribution in [3.8, 4) is 0 Å². The molecule has 25 heavy (non-hydrogen) atoms. The van der Waals surface area contributed by atoms with Crippen LogP contribution >= 0.6 is 0 Å². The third-order valence-electron chi connectivity index (χ3n) is 4.94. The molecule has 0 fully saturated rings. The molecule has 0 saturated heterocycles. The fraction of sp³-hybridized carbons (Fsp3) is 0.350. The number of amidine groups is 1. The number of aliphatic imine (C=N–C) groups is 1. The van der Waals surface area contributed by atoms with E-state index in [-0.39, 0.29) is 0 Å². The molecule has 2 aromatic carbocycles. The number of benzene rings is 2. The average molecular weight is 356 g/mol. The van der Waals surface area contributed by atoms with Crippen LogP contribution in [0.2, 0.25) is 0 Å². The highest BCUT2D eigenvalue weighted by Gasteiger charge is 2.33. The number of nitrogens with zero attached hydrogens (tertiary/aromatic N) is 2. The van der Waals surface area contributed by atoms with Crippen LogP contribution < -0.4 is 0 Å². The van der Waals surface area contributed by atoms with Gasteiger partial charge >= 0.3 is 0 Å². The highest BCUT2D eigenvalue weighted by molar-refractivity contribution is 7.89. The number of rotatable bonds is 4. The Kier molecular flexibility index (Phi) is 4.69. The molecule has 0 bridgehead atoms. The largest absolute Gasteiger partial charge is 0.269 e. The molecule has 2 aromatic rings. The van der Waals surface area contributed by atoms with E-state index in [1.54, 1.807) is 0 Å². The maximum absolute atomic E-state index is 13.4. The first-order chi connectivity index (χ1) is 11.8. The van der Waals surface area contributed by atoms with Gasteiger partial charge in [-0.2, -0.15) is 0 Å². The Bertz CT molecular complexity index is 906. The Hall–Kier alpha value is -2.14. The van der Waals surface area contributed by atoms with Crippen molar-refractivity contribution < 1.29 is 8.42 Å². The fourth-order valence-corrected chi connectivity index (χ4v) is 5.37. The van der Waals surface area contributed by atoms with Gasteiger partial charge in [-0.3, -0.25) is 9.30 Å². The van der Waals surface area contributed by atoms with Crippen molar-refractivity contribution in [1.82, 2.24) is 4.31 Å². The third kappa shape index (κ3) is 3.21. The standard InChI is InChI=1S/C20H24N2O2S/c1-14-12-15(2)17(4)20(16(14)3)25(23,24)22-11-10-21-19(22)13-18-8-6-5-7-9-18/h5-9,12H,10-11,13H2,1-4H3. The van der Waals surface area contributed by atoms with Crippen molar-refractivity contribution in [2.45, 2.75) is 39.0 Å². The van der Waals surface area contributed by atoms with E-state index in [2.05, 4.69) is 4.99 Å². The molecule has 0 spiro atoms. The Balaban J connectivity index is 2.02. The van der Waals surface area contributed by atoms with Crippen molar-refractivity contribution in [2.75, 3.05) is 13.1 Å². The molecular formula is C20H24N2O2S. The lowest BCUT2D eigenvalue weighted by molar-refractivity contribution is 0.534. The molecule has 0 aliphatic carbocycles. The highest BCUT2D eigenvalue weighted by Crippen LogP contribution is 2.30. The second kappa shape index (κ2) is 6.64. The van der Waals surface area contributed by atoms with Crippen LogP contribution in [0.5, 0.6) is 0 Å². The van der Waals surface area contributed by atoms with E-state index in [0.717, 1.165) is 27.8 Å². The van der Waals surface area contributed by atoms with Crippen molar-refractivity contribution in [3.05, 3.63) is 64.2 Å². The first kappa shape index (κ1) is 17.7. The molecule has 0 amide bonds. The molecule has 132 valence electrons. The van der Waals surface area contributed by atoms with Crippen molar-refractivity contribution in [1.29, 1.82) is 0 Å². The monoisotopic (exact) mass is 356 g/mol. The fourth-order valence-electron chi connectivity index (χ4n) is 3.34. The minimum absolute atomic E-state index is 0.413. The quantitative estimate of drug-likeness (QED) is 0.841. The number of hydrogen-bond acceptors (Lipinski definition) is 3. The summed E-state index contributed by atoms with van der Waals surface area (Å²) in [5, 5.41) is 0. The van der Waals surface area contributed by atoms with Gasteiger partial charge < -0.3 is 0 Å². The average Bonchev–Trinajstić information content (AvgIpc) is 3.03. The lowest BCUT2D eigenvalue weighted by Gasteiger charge is -2.24. The summed E-state index contributed by atoms with van der Waals surface area (Å²) >= 11 is 0. The van der Waals surface area contributed by atoms with Gasteiger partial charge in [0.15, 0.2) is 0 Å². The van der Waals surface area contributed by atoms with Crippen LogP contribution in [0.25, 0.3) is 0 Å². The molecule has 3 rings (SSSR count). The Morgan fingerprint density at radius 2 is 1.60 bits per heavy atom. The van der Waals surface area contributed by atoms with Crippen LogP contribution in [0.3, 0.4) is 0 Å². The van der Waals surface area contributed by atoms with Crippen LogP contribution in [0.15, 0.2) is 46.3 Å². The molecule has 1 aliphatic rings. The zero-order valence-electron chi connectivity index (χ0n) is 15.2. The third-order valence-corrected chi connectivity index (χ3v) is 7.04. The second-order valence-corrected chi connectivity index (χ2v) is 8.43. The summed E-state index contributed by atoms with van der Waals surface area (Å²) in [7, 11) is -3.61. The van der Waals surface area contributed by atoms with E-state index in [9.17, 15) is 8.42 Å². The zero-order valence-corrected chi connectivity index (χ0v) is 16.0. The summed E-state index contributed by atoms with van der Waals surface area (Å²) in [6.07, 6.45) is 0.531. The molecule has 0 aromatic heterocycles. The van der Waals surface area contributed by atoms with Gasteiger partial charge in [0.2, 0.25) is 0 Å². The van der Waals surface area contributed by atoms with E-state index in [1.807, 2.05) is 64.1 Å². The van der Waals surface area contributed by atoms with E-state index < -0.39 is 10.0 Å². The van der Waals surface area contributed by atoms with Crippen molar-refractivity contribution in [2.24, 2.45) is 4.99 Å². The molecule has 0 saturated carbocycles. The lowest BCUT2D eigenvalue weighted by Crippen LogP contribution is -2.36. The minimum atomic E-state index is -3.61. The molecule has 0 radical (unpaired) electrons. The van der Waals surface area contributed by atoms with E-state index in [4.69, 9.17) is 0 Å². The zero-order chi connectivity index (χ0) is 18.2. The van der Waals surface area contributed by atoms with Gasteiger partial charge in [-0.25, -0.2) is 8.42 Å². The predicted octanol–water partition coefficient (Wildman–Crippen LogP) is 3.57. The Morgan fingerprint density at radius 1 is 1.00 bits per heavy atom. The summed E-state index contributed by atoms with van der Waals surface area (Å²) in [5.74, 6) is 0.629. The molecule has 1 aliphatic heterocycles. The SMILES string of the molecule is Cc1cc(C)c(C)c(S(=O)(=O)N2CCN=C2Cc2ccccc2)c1C. The van der Waals surface area contributed by atoms with Crippen LogP contribution in [0.1, 0.15) is 27.8 Å². The minimum Gasteiger partial charge on any atom is -0.269 e. The van der Waals surface area contributed by atoms with Crippen LogP contribution in [0, 0.1) is 27.7 Å². The van der Waals surface area contributed by atoms with Crippen LogP contribution in [-0.4, -0.2) is 31.6 Å². The maximum Gasteiger partial charge on any atom is 0.265 e. The summed E-state index contributed by atoms with van der Waals surface area (Å²) in [4.78, 5) is 4.91. The Morgan fingerprint density at radius 3 is 2.20 bits per heavy atom. The van der Waals surface area contributed by atoms with E-state index in [1.165, 1.54) is 4.31 Å². The molecule has 4 nitrogen and oxygen atoms in total. The Labute approximate surface area is 150 Å². The molecule has 0 atom stereocenters. The van der Waals surface area contributed by atoms with Gasteiger partial charge in [0, 0.05) is 6.42 Å². The van der Waals surface area contributed by atoms with Crippen molar-refractivity contribution in [3.63, 3.8) is 0 Å². The van der Waals surface area contributed by atoms with Crippen molar-refractivity contribution >= 4 is 15.9 Å². The topological polar surface area (TPSA) is 49.7 Å². The predicted molar refractivity (Wildman–Crippen MR) is 102 cm³/mol. The van der Waals surface area contributed by atoms with Crippen LogP contribution in [0.4, 0.5) is 0 Å². The van der Waals surface area contributed by atoms with Gasteiger partial charge in [0.05, 0.1) is 18.0 Å². The number of sulfonamides is 1. The maximum atomic E-state index is 13.4. The van der Waals surface area contributed by atoms with Gasteiger partial charge in [0.25, 0.3) is 10.0 Å². The highest BCUT2D eigenvalue weighted by atomic mass is 32.2. The van der Waals surface area contributed by atoms with Gasteiger partial charge in [-0.15, -0.1) is 0 Å². The normalized spacial score (nSPS) is 14.7. The molecule has 0 unspecified atom stereocenters. The molecule has 1 heterocycles. The molecule has 0 N–H and O–H groups in total.